The standard InChI is InChI=1S/C34H44N2S.C2H6.C2H2/c1-6-14-33-25-32(22-21-30(33)7-2)26(3)19-20-27(4)35-34(36-28(5)31-17-12-9-13-18-31)37-24-23-29-15-10-8-11-16-29;2*1-2/h9-10,12-13,15-18,21-22,25,28H,3-4,6-8,11,14,19-20,23-24H2,1-2,5H3,(H,35,36);1-2H3;1-2H. The second-order valence-electron chi connectivity index (χ2n) is 9.80. The molecule has 0 saturated carbocycles. The van der Waals surface area contributed by atoms with Crippen LogP contribution in [0.25, 0.3) is 5.57 Å². The van der Waals surface area contributed by atoms with Gasteiger partial charge in [0, 0.05) is 11.4 Å². The minimum atomic E-state index is 0.0850. The number of nitrogens with one attached hydrogen (secondary N) is 1. The fourth-order valence-corrected chi connectivity index (χ4v) is 5.54. The molecular weight excluding hydrogens is 516 g/mol. The number of hydrogen-bond acceptors (Lipinski definition) is 2. The minimum absolute atomic E-state index is 0.0850. The number of terminal acetylenes is 1. The summed E-state index contributed by atoms with van der Waals surface area (Å²) in [6, 6.07) is 17.4. The topological polar surface area (TPSA) is 24.4 Å². The van der Waals surface area contributed by atoms with Crippen LogP contribution in [-0.4, -0.2) is 10.9 Å². The monoisotopic (exact) mass is 568 g/mol. The van der Waals surface area contributed by atoms with Gasteiger partial charge in [-0.1, -0.05) is 131 Å². The van der Waals surface area contributed by atoms with Crippen molar-refractivity contribution in [3.05, 3.63) is 113 Å². The maximum Gasteiger partial charge on any atom is 0.161 e. The van der Waals surface area contributed by atoms with E-state index in [2.05, 4.69) is 119 Å². The fraction of sp³-hybridized carbons (Fsp3) is 0.395. The van der Waals surface area contributed by atoms with Crippen LogP contribution in [0.1, 0.15) is 101 Å². The van der Waals surface area contributed by atoms with Gasteiger partial charge in [0.1, 0.15) is 0 Å². The molecule has 0 bridgehead atoms. The lowest BCUT2D eigenvalue weighted by molar-refractivity contribution is 0.811. The van der Waals surface area contributed by atoms with E-state index in [4.69, 9.17) is 4.99 Å². The van der Waals surface area contributed by atoms with Crippen LogP contribution in [0.3, 0.4) is 0 Å². The zero-order valence-corrected chi connectivity index (χ0v) is 27.0. The number of benzene rings is 2. The predicted molar refractivity (Wildman–Crippen MR) is 187 cm³/mol. The lowest BCUT2D eigenvalue weighted by Gasteiger charge is -2.16. The number of aliphatic imine (C=N–C) groups is 1. The van der Waals surface area contributed by atoms with Gasteiger partial charge in [-0.2, -0.15) is 0 Å². The molecule has 0 heterocycles. The molecule has 2 nitrogen and oxygen atoms in total. The summed E-state index contributed by atoms with van der Waals surface area (Å²) < 4.78 is 0. The summed E-state index contributed by atoms with van der Waals surface area (Å²) in [5.74, 6) is 0.994. The normalized spacial score (nSPS) is 13.0. The van der Waals surface area contributed by atoms with Crippen LogP contribution in [0, 0.1) is 12.8 Å². The van der Waals surface area contributed by atoms with Crippen molar-refractivity contribution in [2.75, 3.05) is 5.75 Å². The number of thioether (sulfide) groups is 1. The Morgan fingerprint density at radius 1 is 0.976 bits per heavy atom. The van der Waals surface area contributed by atoms with E-state index in [0.29, 0.717) is 0 Å². The van der Waals surface area contributed by atoms with Gasteiger partial charge in [0.05, 0.1) is 6.04 Å². The van der Waals surface area contributed by atoms with Crippen LogP contribution in [0.15, 0.2) is 96.2 Å². The molecule has 0 radical (unpaired) electrons. The van der Waals surface area contributed by atoms with Crippen molar-refractivity contribution in [3.8, 4) is 12.8 Å². The summed E-state index contributed by atoms with van der Waals surface area (Å²) >= 11 is 1.79. The van der Waals surface area contributed by atoms with E-state index in [1.165, 1.54) is 39.8 Å². The lowest BCUT2D eigenvalue weighted by atomic mass is 9.94. The molecule has 220 valence electrons. The molecule has 2 aromatic rings. The van der Waals surface area contributed by atoms with Crippen LogP contribution >= 0.6 is 11.8 Å². The molecule has 3 rings (SSSR count). The van der Waals surface area contributed by atoms with Gasteiger partial charge in [0.2, 0.25) is 0 Å². The van der Waals surface area contributed by atoms with E-state index >= 15 is 0 Å². The maximum absolute atomic E-state index is 5.05. The van der Waals surface area contributed by atoms with Gasteiger partial charge in [0.25, 0.3) is 0 Å². The Kier molecular flexibility index (Phi) is 18.8. The molecule has 1 aliphatic rings. The van der Waals surface area contributed by atoms with Gasteiger partial charge in [-0.25, -0.2) is 0 Å². The molecule has 1 aliphatic carbocycles. The molecule has 0 aromatic heterocycles. The Morgan fingerprint density at radius 3 is 2.34 bits per heavy atom. The number of allylic oxidation sites excluding steroid dienone is 6. The van der Waals surface area contributed by atoms with Crippen LogP contribution in [0.2, 0.25) is 0 Å². The van der Waals surface area contributed by atoms with Crippen LogP contribution in [0.5, 0.6) is 0 Å². The van der Waals surface area contributed by atoms with E-state index in [-0.39, 0.29) is 6.04 Å². The summed E-state index contributed by atoms with van der Waals surface area (Å²) in [4.78, 5) is 5.05. The maximum atomic E-state index is 5.05. The second-order valence-corrected chi connectivity index (χ2v) is 10.9. The van der Waals surface area contributed by atoms with Crippen molar-refractivity contribution < 1.29 is 0 Å². The largest absolute Gasteiger partial charge is 0.339 e. The Labute approximate surface area is 256 Å². The highest BCUT2D eigenvalue weighted by molar-refractivity contribution is 8.13. The molecule has 2 aromatic carbocycles. The van der Waals surface area contributed by atoms with E-state index in [1.54, 1.807) is 11.8 Å². The average Bonchev–Trinajstić information content (AvgIpc) is 3.02. The average molecular weight is 569 g/mol. The lowest BCUT2D eigenvalue weighted by Crippen LogP contribution is -2.21. The molecule has 1 N–H and O–H groups in total. The summed E-state index contributed by atoms with van der Waals surface area (Å²) in [5, 5.41) is 4.50. The molecule has 0 saturated heterocycles. The van der Waals surface area contributed by atoms with Gasteiger partial charge >= 0.3 is 0 Å². The molecule has 0 amide bonds. The third kappa shape index (κ3) is 13.3. The molecular formula is C38H52N2S. The summed E-state index contributed by atoms with van der Waals surface area (Å²) in [6.07, 6.45) is 23.4. The fourth-order valence-electron chi connectivity index (χ4n) is 4.56. The van der Waals surface area contributed by atoms with Gasteiger partial charge in [-0.05, 0) is 79.7 Å². The number of nitrogens with zero attached hydrogens (tertiary/aromatic N) is 1. The Morgan fingerprint density at radius 2 is 1.71 bits per heavy atom. The van der Waals surface area contributed by atoms with Gasteiger partial charge < -0.3 is 5.32 Å². The molecule has 41 heavy (non-hydrogen) atoms. The number of hydrogen-bond donors (Lipinski definition) is 1. The first-order chi connectivity index (χ1) is 20.0. The highest BCUT2D eigenvalue weighted by Crippen LogP contribution is 2.25. The Balaban J connectivity index is 0.00000201. The van der Waals surface area contributed by atoms with Crippen molar-refractivity contribution in [2.45, 2.75) is 92.0 Å². The molecule has 1 unspecified atom stereocenters. The molecule has 0 fully saturated rings. The Hall–Kier alpha value is -3.22. The van der Waals surface area contributed by atoms with Crippen molar-refractivity contribution in [1.29, 1.82) is 0 Å². The molecule has 3 heteroatoms. The first-order valence-electron chi connectivity index (χ1n) is 15.2. The predicted octanol–water partition coefficient (Wildman–Crippen LogP) is 10.9. The van der Waals surface area contributed by atoms with Gasteiger partial charge in [-0.3, -0.25) is 4.99 Å². The number of amidine groups is 1. The third-order valence-corrected chi connectivity index (χ3v) is 7.71. The minimum Gasteiger partial charge on any atom is -0.339 e. The summed E-state index contributed by atoms with van der Waals surface area (Å²) in [7, 11) is 0. The van der Waals surface area contributed by atoms with Gasteiger partial charge in [-0.15, -0.1) is 12.8 Å². The zero-order chi connectivity index (χ0) is 30.5. The van der Waals surface area contributed by atoms with Crippen molar-refractivity contribution in [3.63, 3.8) is 0 Å². The van der Waals surface area contributed by atoms with Crippen LogP contribution < -0.4 is 5.32 Å². The van der Waals surface area contributed by atoms with Gasteiger partial charge in [0.15, 0.2) is 5.17 Å². The van der Waals surface area contributed by atoms with E-state index in [0.717, 1.165) is 61.6 Å². The van der Waals surface area contributed by atoms with Crippen molar-refractivity contribution in [1.82, 2.24) is 5.32 Å². The van der Waals surface area contributed by atoms with Crippen LogP contribution in [0.4, 0.5) is 0 Å². The summed E-state index contributed by atoms with van der Waals surface area (Å²) in [5.41, 5.74) is 8.98. The molecule has 0 spiro atoms. The molecule has 1 atom stereocenters. The number of aryl methyl sites for hydroxylation is 2. The smallest absolute Gasteiger partial charge is 0.161 e. The van der Waals surface area contributed by atoms with Crippen molar-refractivity contribution >= 4 is 22.5 Å². The highest BCUT2D eigenvalue weighted by Gasteiger charge is 2.10. The first-order valence-corrected chi connectivity index (χ1v) is 16.2. The molecule has 0 aliphatic heterocycles. The van der Waals surface area contributed by atoms with E-state index in [1.807, 2.05) is 13.8 Å². The van der Waals surface area contributed by atoms with E-state index in [9.17, 15) is 0 Å². The number of rotatable bonds is 13. The third-order valence-electron chi connectivity index (χ3n) is 6.82. The Bertz CT molecular complexity index is 1170. The van der Waals surface area contributed by atoms with E-state index < -0.39 is 0 Å². The quantitative estimate of drug-likeness (QED) is 0.148. The first kappa shape index (κ1) is 35.8. The SMILES string of the molecule is C#C.C=C(CCC(=C)c1ccc(CC)c(CCC)c1)NC(=NC(C)c1ccccc1)SCCC1=CCCC=C1.CC. The highest BCUT2D eigenvalue weighted by atomic mass is 32.2. The second kappa shape index (κ2) is 21.5. The summed E-state index contributed by atoms with van der Waals surface area (Å²) in [6.45, 7) is 19.4. The van der Waals surface area contributed by atoms with Crippen molar-refractivity contribution in [2.24, 2.45) is 4.99 Å². The zero-order valence-electron chi connectivity index (χ0n) is 26.2. The van der Waals surface area contributed by atoms with Crippen LogP contribution in [-0.2, 0) is 12.8 Å².